The van der Waals surface area contributed by atoms with Crippen LogP contribution in [0.1, 0.15) is 39.2 Å². The number of thioether (sulfide) groups is 1. The van der Waals surface area contributed by atoms with E-state index >= 15 is 0 Å². The molecule has 1 aromatic carbocycles. The molecule has 0 saturated carbocycles. The van der Waals surface area contributed by atoms with Gasteiger partial charge in [0.15, 0.2) is 0 Å². The van der Waals surface area contributed by atoms with E-state index in [-0.39, 0.29) is 11.2 Å². The first-order chi connectivity index (χ1) is 11.2. The highest BCUT2D eigenvalue weighted by Crippen LogP contribution is 2.23. The standard InChI is InChI=1S/C16H22N4O2S/c1-4-6-7-13-8-10-14(11-9-13)20-16(17-18-19-20)23-12(3)15(21)22-5-2/h8-12H,4-7H2,1-3H3. The van der Waals surface area contributed by atoms with Gasteiger partial charge < -0.3 is 4.74 Å². The molecule has 2 aromatic rings. The van der Waals surface area contributed by atoms with Crippen molar-refractivity contribution in [2.75, 3.05) is 6.61 Å². The van der Waals surface area contributed by atoms with Gasteiger partial charge in [0.2, 0.25) is 5.16 Å². The summed E-state index contributed by atoms with van der Waals surface area (Å²) in [6, 6.07) is 8.19. The first-order valence-electron chi connectivity index (χ1n) is 7.86. The molecule has 23 heavy (non-hydrogen) atoms. The fourth-order valence-corrected chi connectivity index (χ4v) is 2.87. The maximum absolute atomic E-state index is 11.7. The predicted molar refractivity (Wildman–Crippen MR) is 89.7 cm³/mol. The molecule has 0 spiro atoms. The number of rotatable bonds is 8. The molecule has 2 rings (SSSR count). The zero-order valence-electron chi connectivity index (χ0n) is 13.7. The number of tetrazole rings is 1. The molecule has 7 heteroatoms. The van der Waals surface area contributed by atoms with Crippen molar-refractivity contribution in [2.24, 2.45) is 0 Å². The van der Waals surface area contributed by atoms with Gasteiger partial charge in [-0.1, -0.05) is 37.2 Å². The average molecular weight is 334 g/mol. The Morgan fingerprint density at radius 2 is 2.04 bits per heavy atom. The molecule has 0 bridgehead atoms. The maximum atomic E-state index is 11.7. The van der Waals surface area contributed by atoms with Crippen molar-refractivity contribution in [3.63, 3.8) is 0 Å². The Hall–Kier alpha value is -1.89. The van der Waals surface area contributed by atoms with Crippen molar-refractivity contribution < 1.29 is 9.53 Å². The van der Waals surface area contributed by atoms with Gasteiger partial charge in [0.25, 0.3) is 0 Å². The first kappa shape index (κ1) is 17.5. The molecule has 0 aliphatic carbocycles. The number of carbonyl (C=O) groups excluding carboxylic acids is 1. The normalized spacial score (nSPS) is 12.1. The number of benzene rings is 1. The zero-order valence-corrected chi connectivity index (χ0v) is 14.5. The Balaban J connectivity index is 2.09. The molecule has 1 aromatic heterocycles. The molecular weight excluding hydrogens is 312 g/mol. The number of ether oxygens (including phenoxy) is 1. The number of aryl methyl sites for hydroxylation is 1. The van der Waals surface area contributed by atoms with E-state index in [1.54, 1.807) is 18.5 Å². The minimum absolute atomic E-state index is 0.262. The highest BCUT2D eigenvalue weighted by molar-refractivity contribution is 8.00. The van der Waals surface area contributed by atoms with E-state index in [1.165, 1.54) is 30.2 Å². The smallest absolute Gasteiger partial charge is 0.319 e. The molecule has 0 fully saturated rings. The van der Waals surface area contributed by atoms with E-state index in [4.69, 9.17) is 4.74 Å². The molecule has 1 unspecified atom stereocenters. The van der Waals surface area contributed by atoms with Crippen LogP contribution in [0, 0.1) is 0 Å². The minimum Gasteiger partial charge on any atom is -0.465 e. The van der Waals surface area contributed by atoms with Crippen LogP contribution >= 0.6 is 11.8 Å². The third-order valence-corrected chi connectivity index (χ3v) is 4.35. The molecule has 6 nitrogen and oxygen atoms in total. The molecule has 1 heterocycles. The van der Waals surface area contributed by atoms with Gasteiger partial charge in [0, 0.05) is 0 Å². The Labute approximate surface area is 140 Å². The summed E-state index contributed by atoms with van der Waals surface area (Å²) in [5.74, 6) is -0.262. The summed E-state index contributed by atoms with van der Waals surface area (Å²) in [6.07, 6.45) is 3.44. The van der Waals surface area contributed by atoms with Gasteiger partial charge in [-0.25, -0.2) is 0 Å². The third kappa shape index (κ3) is 4.79. The monoisotopic (exact) mass is 334 g/mol. The number of hydrogen-bond donors (Lipinski definition) is 0. The van der Waals surface area contributed by atoms with Gasteiger partial charge in [0.05, 0.1) is 12.3 Å². The molecule has 124 valence electrons. The van der Waals surface area contributed by atoms with E-state index in [9.17, 15) is 4.79 Å². The molecule has 0 radical (unpaired) electrons. The second-order valence-corrected chi connectivity index (χ2v) is 6.46. The number of nitrogens with zero attached hydrogens (tertiary/aromatic N) is 4. The summed E-state index contributed by atoms with van der Waals surface area (Å²) >= 11 is 1.29. The van der Waals surface area contributed by atoms with E-state index in [0.717, 1.165) is 12.1 Å². The van der Waals surface area contributed by atoms with E-state index in [1.807, 2.05) is 12.1 Å². The van der Waals surface area contributed by atoms with Gasteiger partial charge in [0.1, 0.15) is 5.25 Å². The Morgan fingerprint density at radius 3 is 2.70 bits per heavy atom. The summed E-state index contributed by atoms with van der Waals surface area (Å²) in [4.78, 5) is 11.7. The lowest BCUT2D eigenvalue weighted by Crippen LogP contribution is -2.17. The number of hydrogen-bond acceptors (Lipinski definition) is 6. The second-order valence-electron chi connectivity index (χ2n) is 5.16. The summed E-state index contributed by atoms with van der Waals surface area (Å²) < 4.78 is 6.66. The number of aromatic nitrogens is 4. The topological polar surface area (TPSA) is 69.9 Å². The zero-order chi connectivity index (χ0) is 16.7. The highest BCUT2D eigenvalue weighted by Gasteiger charge is 2.20. The van der Waals surface area contributed by atoms with Crippen LogP contribution < -0.4 is 0 Å². The number of carbonyl (C=O) groups is 1. The van der Waals surface area contributed by atoms with Crippen molar-refractivity contribution in [3.05, 3.63) is 29.8 Å². The fourth-order valence-electron chi connectivity index (χ4n) is 2.07. The fraction of sp³-hybridized carbons (Fsp3) is 0.500. The quantitative estimate of drug-likeness (QED) is 0.546. The molecule has 0 aliphatic heterocycles. The van der Waals surface area contributed by atoms with Crippen molar-refractivity contribution in [3.8, 4) is 5.69 Å². The summed E-state index contributed by atoms with van der Waals surface area (Å²) in [6.45, 7) is 6.13. The lowest BCUT2D eigenvalue weighted by molar-refractivity contribution is -0.142. The summed E-state index contributed by atoms with van der Waals surface area (Å²) in [7, 11) is 0. The second kappa shape index (κ2) is 8.67. The molecule has 0 amide bonds. The van der Waals surface area contributed by atoms with Gasteiger partial charge >= 0.3 is 5.97 Å². The van der Waals surface area contributed by atoms with Crippen LogP contribution in [0.3, 0.4) is 0 Å². The summed E-state index contributed by atoms with van der Waals surface area (Å²) in [5.41, 5.74) is 2.19. The molecule has 0 N–H and O–H groups in total. The van der Waals surface area contributed by atoms with E-state index in [0.29, 0.717) is 11.8 Å². The van der Waals surface area contributed by atoms with Crippen LogP contribution in [-0.2, 0) is 16.0 Å². The summed E-state index contributed by atoms with van der Waals surface area (Å²) in [5, 5.41) is 12.0. The van der Waals surface area contributed by atoms with E-state index in [2.05, 4.69) is 34.6 Å². The van der Waals surface area contributed by atoms with Crippen LogP contribution in [0.15, 0.2) is 29.4 Å². The van der Waals surface area contributed by atoms with Crippen LogP contribution in [0.25, 0.3) is 5.69 Å². The lowest BCUT2D eigenvalue weighted by Gasteiger charge is -2.10. The molecule has 0 aliphatic rings. The van der Waals surface area contributed by atoms with Gasteiger partial charge in [-0.05, 0) is 54.8 Å². The molecule has 1 atom stereocenters. The van der Waals surface area contributed by atoms with Gasteiger partial charge in [-0.2, -0.15) is 4.68 Å². The van der Waals surface area contributed by atoms with Crippen LogP contribution in [0.4, 0.5) is 0 Å². The third-order valence-electron chi connectivity index (χ3n) is 3.34. The number of unbranched alkanes of at least 4 members (excludes halogenated alkanes) is 1. The van der Waals surface area contributed by atoms with Crippen molar-refractivity contribution in [1.29, 1.82) is 0 Å². The Morgan fingerprint density at radius 1 is 1.30 bits per heavy atom. The first-order valence-corrected chi connectivity index (χ1v) is 8.74. The largest absolute Gasteiger partial charge is 0.465 e. The minimum atomic E-state index is -0.358. The van der Waals surface area contributed by atoms with Crippen LogP contribution in [-0.4, -0.2) is 38.0 Å². The van der Waals surface area contributed by atoms with Gasteiger partial charge in [-0.3, -0.25) is 4.79 Å². The molecule has 0 saturated heterocycles. The van der Waals surface area contributed by atoms with Crippen LogP contribution in [0.5, 0.6) is 0 Å². The highest BCUT2D eigenvalue weighted by atomic mass is 32.2. The van der Waals surface area contributed by atoms with Crippen LogP contribution in [0.2, 0.25) is 0 Å². The molecular formula is C16H22N4O2S. The average Bonchev–Trinajstić information content (AvgIpc) is 3.01. The SMILES string of the molecule is CCCCc1ccc(-n2nnnc2SC(C)C(=O)OCC)cc1. The Bertz CT molecular complexity index is 627. The van der Waals surface area contributed by atoms with Crippen molar-refractivity contribution in [1.82, 2.24) is 20.2 Å². The lowest BCUT2D eigenvalue weighted by atomic mass is 10.1. The van der Waals surface area contributed by atoms with Crippen molar-refractivity contribution in [2.45, 2.75) is 50.4 Å². The Kier molecular flexibility index (Phi) is 6.58. The van der Waals surface area contributed by atoms with Gasteiger partial charge in [-0.15, -0.1) is 5.10 Å². The van der Waals surface area contributed by atoms with Crippen molar-refractivity contribution >= 4 is 17.7 Å². The van der Waals surface area contributed by atoms with E-state index < -0.39 is 0 Å². The predicted octanol–water partition coefficient (Wildman–Crippen LogP) is 3.05. The number of esters is 1. The maximum Gasteiger partial charge on any atom is 0.319 e.